The van der Waals surface area contributed by atoms with Crippen LogP contribution in [-0.4, -0.2) is 4.98 Å². The number of fused-ring (bicyclic) bond motifs is 1. The zero-order valence-corrected chi connectivity index (χ0v) is 7.43. The van der Waals surface area contributed by atoms with E-state index < -0.39 is 0 Å². The summed E-state index contributed by atoms with van der Waals surface area (Å²) in [4.78, 5) is 3.12. The molecule has 0 fully saturated rings. The van der Waals surface area contributed by atoms with Crippen molar-refractivity contribution >= 4 is 10.9 Å². The average Bonchev–Trinajstić information content (AvgIpc) is 2.33. The Kier molecular flexibility index (Phi) is 2.33. The summed E-state index contributed by atoms with van der Waals surface area (Å²) < 4.78 is 0. The molecule has 0 saturated heterocycles. The molecule has 1 aromatic carbocycles. The first-order chi connectivity index (χ1) is 4.47. The third kappa shape index (κ3) is 1.16. The van der Waals surface area contributed by atoms with Gasteiger partial charge in [0.25, 0.3) is 0 Å². The molecule has 0 aliphatic carbocycles. The van der Waals surface area contributed by atoms with Crippen LogP contribution in [-0.2, 0) is 22.4 Å². The number of aromatic amines is 1. The van der Waals surface area contributed by atoms with Gasteiger partial charge in [-0.1, -0.05) is 18.2 Å². The third-order valence-corrected chi connectivity index (χ3v) is 1.46. The molecule has 2 heteroatoms. The molecule has 0 atom stereocenters. The summed E-state index contributed by atoms with van der Waals surface area (Å²) >= 11 is 0. The van der Waals surface area contributed by atoms with Gasteiger partial charge in [0.05, 0.1) is 0 Å². The van der Waals surface area contributed by atoms with Crippen LogP contribution >= 0.6 is 0 Å². The second-order valence-corrected chi connectivity index (χ2v) is 2.06. The molecule has 10 heavy (non-hydrogen) atoms. The number of nitrogens with one attached hydrogen (secondary N) is 1. The molecule has 0 bridgehead atoms. The second kappa shape index (κ2) is 3.06. The molecule has 0 aliphatic heterocycles. The van der Waals surface area contributed by atoms with Crippen LogP contribution in [0.25, 0.3) is 10.9 Å². The van der Waals surface area contributed by atoms with Crippen LogP contribution in [0, 0.1) is 0 Å². The van der Waals surface area contributed by atoms with Crippen molar-refractivity contribution in [3.05, 3.63) is 36.5 Å². The third-order valence-electron chi connectivity index (χ3n) is 1.46. The van der Waals surface area contributed by atoms with E-state index in [1.54, 1.807) is 0 Å². The fraction of sp³-hybridized carbons (Fsp3) is 0. The maximum atomic E-state index is 3.12. The smallest absolute Gasteiger partial charge is 0.0453 e. The van der Waals surface area contributed by atoms with Gasteiger partial charge in [-0.05, 0) is 17.5 Å². The number of para-hydroxylation sites is 1. The zero-order valence-electron chi connectivity index (χ0n) is 5.27. The molecule has 2 rings (SSSR count). The van der Waals surface area contributed by atoms with Crippen LogP contribution < -0.4 is 0 Å². The van der Waals surface area contributed by atoms with Crippen LogP contribution in [0.15, 0.2) is 36.5 Å². The minimum atomic E-state index is 0. The first-order valence-corrected chi connectivity index (χ1v) is 2.99. The summed E-state index contributed by atoms with van der Waals surface area (Å²) in [5.41, 5.74) is 1.21. The van der Waals surface area contributed by atoms with Gasteiger partial charge in [0.2, 0.25) is 0 Å². The number of rotatable bonds is 0. The summed E-state index contributed by atoms with van der Waals surface area (Å²) in [7, 11) is 0. The Hall–Kier alpha value is -0.500. The van der Waals surface area contributed by atoms with Crippen molar-refractivity contribution in [2.75, 3.05) is 0 Å². The second-order valence-electron chi connectivity index (χ2n) is 2.06. The van der Waals surface area contributed by atoms with Gasteiger partial charge in [0, 0.05) is 34.1 Å². The predicted molar refractivity (Wildman–Crippen MR) is 38.3 cm³/mol. The maximum absolute atomic E-state index is 3.12. The Morgan fingerprint density at radius 2 is 1.80 bits per heavy atom. The van der Waals surface area contributed by atoms with Crippen molar-refractivity contribution < 1.29 is 22.4 Å². The van der Waals surface area contributed by atoms with Crippen molar-refractivity contribution in [3.8, 4) is 0 Å². The number of hydrogen-bond donors (Lipinski definition) is 1. The molecule has 0 unspecified atom stereocenters. The van der Waals surface area contributed by atoms with E-state index in [4.69, 9.17) is 0 Å². The van der Waals surface area contributed by atoms with Gasteiger partial charge >= 0.3 is 0 Å². The van der Waals surface area contributed by atoms with Crippen molar-refractivity contribution in [3.63, 3.8) is 0 Å². The predicted octanol–water partition coefficient (Wildman–Crippen LogP) is 2.17. The first kappa shape index (κ1) is 7.61. The molecule has 2 aromatic rings. The minimum Gasteiger partial charge on any atom is -0.361 e. The molecule has 1 nitrogen and oxygen atoms in total. The minimum absolute atomic E-state index is 0. The molecule has 0 spiro atoms. The van der Waals surface area contributed by atoms with Crippen LogP contribution in [0.2, 0.25) is 0 Å². The average molecular weight is 314 g/mol. The number of aromatic nitrogens is 1. The van der Waals surface area contributed by atoms with Gasteiger partial charge < -0.3 is 4.98 Å². The molecule has 1 heterocycles. The van der Waals surface area contributed by atoms with Gasteiger partial charge in [-0.25, -0.2) is 0 Å². The molecule has 1 N–H and O–H groups in total. The van der Waals surface area contributed by atoms with E-state index in [1.165, 1.54) is 10.9 Å². The van der Waals surface area contributed by atoms with Crippen LogP contribution in [0.5, 0.6) is 0 Å². The fourth-order valence-corrected chi connectivity index (χ4v) is 0.995. The summed E-state index contributed by atoms with van der Waals surface area (Å²) in [6, 6.07) is 10.3. The molecule has 0 aliphatic rings. The Labute approximate surface area is 75.0 Å². The van der Waals surface area contributed by atoms with E-state index in [2.05, 4.69) is 23.2 Å². The fourth-order valence-electron chi connectivity index (χ4n) is 0.995. The first-order valence-electron chi connectivity index (χ1n) is 2.99. The topological polar surface area (TPSA) is 15.8 Å². The zero-order chi connectivity index (χ0) is 6.10. The SMILES string of the molecule is [Au].c1ccc2[nH]ccc2c1. The summed E-state index contributed by atoms with van der Waals surface area (Å²) in [5, 5.41) is 1.28. The number of hydrogen-bond acceptors (Lipinski definition) is 0. The molecule has 0 saturated carbocycles. The molecular weight excluding hydrogens is 307 g/mol. The molecule has 55 valence electrons. The summed E-state index contributed by atoms with van der Waals surface area (Å²) in [5.74, 6) is 0. The quantitative estimate of drug-likeness (QED) is 0.718. The Bertz CT molecular complexity index is 283. The van der Waals surface area contributed by atoms with Crippen molar-refractivity contribution in [2.45, 2.75) is 0 Å². The number of H-pyrrole nitrogens is 1. The largest absolute Gasteiger partial charge is 0.361 e. The standard InChI is InChI=1S/C8H7N.Au/c1-2-4-8-7(3-1)5-6-9-8;/h1-6,9H;. The van der Waals surface area contributed by atoms with Gasteiger partial charge in [-0.3, -0.25) is 0 Å². The van der Waals surface area contributed by atoms with Gasteiger partial charge in [0.1, 0.15) is 0 Å². The number of benzene rings is 1. The maximum Gasteiger partial charge on any atom is 0.0453 e. The summed E-state index contributed by atoms with van der Waals surface area (Å²) in [6.07, 6.45) is 1.95. The Morgan fingerprint density at radius 3 is 2.60 bits per heavy atom. The molecular formula is C8H7AuN. The molecule has 1 aromatic heterocycles. The Balaban J connectivity index is 0.000000500. The van der Waals surface area contributed by atoms with Crippen LogP contribution in [0.3, 0.4) is 0 Å². The van der Waals surface area contributed by atoms with Crippen molar-refractivity contribution in [1.29, 1.82) is 0 Å². The normalized spacial score (nSPS) is 9.20. The van der Waals surface area contributed by atoms with Gasteiger partial charge in [-0.2, -0.15) is 0 Å². The van der Waals surface area contributed by atoms with E-state index in [0.29, 0.717) is 0 Å². The Morgan fingerprint density at radius 1 is 1.00 bits per heavy atom. The van der Waals surface area contributed by atoms with Crippen molar-refractivity contribution in [2.24, 2.45) is 0 Å². The van der Waals surface area contributed by atoms with Crippen molar-refractivity contribution in [1.82, 2.24) is 4.98 Å². The molecule has 1 radical (unpaired) electrons. The van der Waals surface area contributed by atoms with E-state index in [0.717, 1.165) is 0 Å². The van der Waals surface area contributed by atoms with E-state index in [1.807, 2.05) is 18.3 Å². The van der Waals surface area contributed by atoms with Crippen LogP contribution in [0.1, 0.15) is 0 Å². The van der Waals surface area contributed by atoms with E-state index >= 15 is 0 Å². The van der Waals surface area contributed by atoms with Gasteiger partial charge in [0.15, 0.2) is 0 Å². The van der Waals surface area contributed by atoms with Crippen LogP contribution in [0.4, 0.5) is 0 Å². The van der Waals surface area contributed by atoms with E-state index in [-0.39, 0.29) is 22.4 Å². The van der Waals surface area contributed by atoms with Gasteiger partial charge in [-0.15, -0.1) is 0 Å². The van der Waals surface area contributed by atoms with E-state index in [9.17, 15) is 0 Å². The monoisotopic (exact) mass is 314 g/mol. The molecule has 0 amide bonds. The summed E-state index contributed by atoms with van der Waals surface area (Å²) in [6.45, 7) is 0.